The molecule has 0 radical (unpaired) electrons. The number of aliphatic hydroxyl groups is 1. The van der Waals surface area contributed by atoms with E-state index in [1.165, 1.54) is 0 Å². The molecule has 0 bridgehead atoms. The van der Waals surface area contributed by atoms with E-state index in [0.717, 1.165) is 5.56 Å². The second-order valence-corrected chi connectivity index (χ2v) is 3.56. The second kappa shape index (κ2) is 6.35. The lowest BCUT2D eigenvalue weighted by Crippen LogP contribution is -2.16. The average Bonchev–Trinajstić information content (AvgIpc) is 2.35. The van der Waals surface area contributed by atoms with E-state index in [0.29, 0.717) is 24.5 Å². The lowest BCUT2D eigenvalue weighted by molar-refractivity contribution is 0.102. The molecule has 1 unspecified atom stereocenters. The van der Waals surface area contributed by atoms with E-state index in [4.69, 9.17) is 15.2 Å². The molecule has 0 spiro atoms. The first-order valence-electron chi connectivity index (χ1n) is 5.39. The summed E-state index contributed by atoms with van der Waals surface area (Å²) >= 11 is 0. The molecule has 0 saturated carbocycles. The molecule has 3 N–H and O–H groups in total. The van der Waals surface area contributed by atoms with Crippen LogP contribution in [0.1, 0.15) is 18.9 Å². The lowest BCUT2D eigenvalue weighted by atomic mass is 10.2. The van der Waals surface area contributed by atoms with Crippen molar-refractivity contribution >= 4 is 0 Å². The summed E-state index contributed by atoms with van der Waals surface area (Å²) in [5.74, 6) is 1.28. The van der Waals surface area contributed by atoms with Crippen LogP contribution in [0.15, 0.2) is 18.2 Å². The molecule has 0 saturated heterocycles. The van der Waals surface area contributed by atoms with Crippen molar-refractivity contribution in [2.24, 2.45) is 5.73 Å². The van der Waals surface area contributed by atoms with E-state index in [2.05, 4.69) is 0 Å². The van der Waals surface area contributed by atoms with Gasteiger partial charge in [0.25, 0.3) is 0 Å². The molecule has 0 aliphatic rings. The van der Waals surface area contributed by atoms with E-state index in [9.17, 15) is 5.11 Å². The summed E-state index contributed by atoms with van der Waals surface area (Å²) in [7, 11) is 1.58. The molecule has 1 aromatic carbocycles. The predicted octanol–water partition coefficient (Wildman–Crippen LogP) is 1.30. The number of rotatable bonds is 6. The number of nitrogens with two attached hydrogens (primary N) is 1. The first-order valence-corrected chi connectivity index (χ1v) is 5.39. The van der Waals surface area contributed by atoms with Gasteiger partial charge in [0.05, 0.1) is 13.2 Å². The number of ether oxygens (including phenoxy) is 2. The summed E-state index contributed by atoms with van der Waals surface area (Å²) in [6.45, 7) is 2.62. The van der Waals surface area contributed by atoms with Crippen LogP contribution < -0.4 is 15.2 Å². The van der Waals surface area contributed by atoms with Gasteiger partial charge in [0.2, 0.25) is 0 Å². The van der Waals surface area contributed by atoms with Crippen molar-refractivity contribution in [2.45, 2.75) is 26.0 Å². The van der Waals surface area contributed by atoms with Crippen molar-refractivity contribution in [1.82, 2.24) is 0 Å². The first kappa shape index (κ1) is 12.8. The molecule has 16 heavy (non-hydrogen) atoms. The normalized spacial score (nSPS) is 12.2. The number of hydrogen-bond donors (Lipinski definition) is 2. The molecule has 4 nitrogen and oxygen atoms in total. The Hall–Kier alpha value is -1.26. The van der Waals surface area contributed by atoms with Gasteiger partial charge in [-0.2, -0.15) is 0 Å². The first-order chi connectivity index (χ1) is 7.71. The molecule has 0 aromatic heterocycles. The average molecular weight is 225 g/mol. The van der Waals surface area contributed by atoms with Crippen molar-refractivity contribution in [1.29, 1.82) is 0 Å². The van der Waals surface area contributed by atoms with Gasteiger partial charge in [-0.3, -0.25) is 0 Å². The van der Waals surface area contributed by atoms with E-state index >= 15 is 0 Å². The zero-order chi connectivity index (χ0) is 12.0. The summed E-state index contributed by atoms with van der Waals surface area (Å²) in [4.78, 5) is 0. The molecule has 1 aromatic rings. The fourth-order valence-corrected chi connectivity index (χ4v) is 1.26. The zero-order valence-corrected chi connectivity index (χ0v) is 9.77. The Kier molecular flexibility index (Phi) is 5.08. The Morgan fingerprint density at radius 2 is 2.12 bits per heavy atom. The number of aliphatic hydroxyl groups excluding tert-OH is 1. The molecule has 90 valence electrons. The summed E-state index contributed by atoms with van der Waals surface area (Å²) in [5.41, 5.74) is 6.52. The van der Waals surface area contributed by atoms with Gasteiger partial charge in [0.1, 0.15) is 6.61 Å². The Bertz CT molecular complexity index is 328. The van der Waals surface area contributed by atoms with Gasteiger partial charge >= 0.3 is 0 Å². The van der Waals surface area contributed by atoms with E-state index in [-0.39, 0.29) is 6.61 Å². The van der Waals surface area contributed by atoms with Gasteiger partial charge < -0.3 is 20.3 Å². The van der Waals surface area contributed by atoms with Crippen LogP contribution in [0.25, 0.3) is 0 Å². The largest absolute Gasteiger partial charge is 0.493 e. The van der Waals surface area contributed by atoms with Crippen molar-refractivity contribution in [3.63, 3.8) is 0 Å². The van der Waals surface area contributed by atoms with Crippen LogP contribution >= 0.6 is 0 Å². The fourth-order valence-electron chi connectivity index (χ4n) is 1.26. The van der Waals surface area contributed by atoms with Crippen LogP contribution in [0.4, 0.5) is 0 Å². The Morgan fingerprint density at radius 3 is 2.69 bits per heavy atom. The molecule has 0 fully saturated rings. The Morgan fingerprint density at radius 1 is 1.38 bits per heavy atom. The van der Waals surface area contributed by atoms with Crippen LogP contribution in [0.2, 0.25) is 0 Å². The topological polar surface area (TPSA) is 64.7 Å². The molecule has 0 amide bonds. The van der Waals surface area contributed by atoms with Gasteiger partial charge in [-0.05, 0) is 24.1 Å². The molecule has 4 heteroatoms. The molecule has 0 aliphatic heterocycles. The quantitative estimate of drug-likeness (QED) is 0.766. The van der Waals surface area contributed by atoms with Crippen LogP contribution in [0, 0.1) is 0 Å². The molecule has 1 rings (SSSR count). The zero-order valence-electron chi connectivity index (χ0n) is 9.77. The van der Waals surface area contributed by atoms with E-state index < -0.39 is 6.10 Å². The highest BCUT2D eigenvalue weighted by atomic mass is 16.5. The minimum absolute atomic E-state index is 0.265. The van der Waals surface area contributed by atoms with Crippen molar-refractivity contribution < 1.29 is 14.6 Å². The maximum atomic E-state index is 9.42. The second-order valence-electron chi connectivity index (χ2n) is 3.56. The van der Waals surface area contributed by atoms with Crippen molar-refractivity contribution in [3.05, 3.63) is 23.8 Å². The van der Waals surface area contributed by atoms with Crippen molar-refractivity contribution in [2.75, 3.05) is 13.7 Å². The van der Waals surface area contributed by atoms with E-state index in [1.807, 2.05) is 25.1 Å². The lowest BCUT2D eigenvalue weighted by Gasteiger charge is -2.14. The predicted molar refractivity (Wildman–Crippen MR) is 62.7 cm³/mol. The maximum absolute atomic E-state index is 9.42. The molecule has 0 heterocycles. The Labute approximate surface area is 96.0 Å². The smallest absolute Gasteiger partial charge is 0.161 e. The third kappa shape index (κ3) is 3.40. The van der Waals surface area contributed by atoms with Crippen LogP contribution in [-0.2, 0) is 6.54 Å². The third-order valence-corrected chi connectivity index (χ3v) is 2.37. The summed E-state index contributed by atoms with van der Waals surface area (Å²) in [5, 5.41) is 9.42. The van der Waals surface area contributed by atoms with Gasteiger partial charge in [-0.15, -0.1) is 0 Å². The SMILES string of the molecule is CCC(O)COc1cc(CN)ccc1OC. The summed E-state index contributed by atoms with van der Waals surface area (Å²) in [6, 6.07) is 5.54. The minimum Gasteiger partial charge on any atom is -0.493 e. The van der Waals surface area contributed by atoms with Gasteiger partial charge in [-0.1, -0.05) is 13.0 Å². The molecular formula is C12H19NO3. The number of hydrogen-bond acceptors (Lipinski definition) is 4. The Balaban J connectivity index is 2.75. The van der Waals surface area contributed by atoms with Crippen LogP contribution in [-0.4, -0.2) is 24.9 Å². The molecule has 0 aliphatic carbocycles. The summed E-state index contributed by atoms with van der Waals surface area (Å²) < 4.78 is 10.7. The highest BCUT2D eigenvalue weighted by Gasteiger charge is 2.07. The highest BCUT2D eigenvalue weighted by molar-refractivity contribution is 5.42. The summed E-state index contributed by atoms with van der Waals surface area (Å²) in [6.07, 6.45) is 0.213. The number of methoxy groups -OCH3 is 1. The van der Waals surface area contributed by atoms with Gasteiger partial charge in [0, 0.05) is 6.54 Å². The third-order valence-electron chi connectivity index (χ3n) is 2.37. The van der Waals surface area contributed by atoms with Gasteiger partial charge in [-0.25, -0.2) is 0 Å². The molecule has 1 atom stereocenters. The minimum atomic E-state index is -0.453. The monoisotopic (exact) mass is 225 g/mol. The maximum Gasteiger partial charge on any atom is 0.161 e. The highest BCUT2D eigenvalue weighted by Crippen LogP contribution is 2.28. The standard InChI is InChI=1S/C12H19NO3/c1-3-10(14)8-16-12-6-9(7-13)4-5-11(12)15-2/h4-6,10,14H,3,7-8,13H2,1-2H3. The fraction of sp³-hybridized carbons (Fsp3) is 0.500. The number of benzene rings is 1. The van der Waals surface area contributed by atoms with E-state index in [1.54, 1.807) is 7.11 Å². The van der Waals surface area contributed by atoms with Crippen molar-refractivity contribution in [3.8, 4) is 11.5 Å². The van der Waals surface area contributed by atoms with Crippen LogP contribution in [0.5, 0.6) is 11.5 Å². The molecular weight excluding hydrogens is 206 g/mol. The van der Waals surface area contributed by atoms with Crippen LogP contribution in [0.3, 0.4) is 0 Å². The van der Waals surface area contributed by atoms with Gasteiger partial charge in [0.15, 0.2) is 11.5 Å².